The molecule has 0 saturated heterocycles. The summed E-state index contributed by atoms with van der Waals surface area (Å²) < 4.78 is 39.9. The van der Waals surface area contributed by atoms with E-state index in [2.05, 4.69) is 9.97 Å². The van der Waals surface area contributed by atoms with E-state index < -0.39 is 17.8 Å². The molecule has 2 atom stereocenters. The van der Waals surface area contributed by atoms with Gasteiger partial charge in [0.25, 0.3) is 0 Å². The molecule has 0 radical (unpaired) electrons. The minimum absolute atomic E-state index is 0.0661. The Bertz CT molecular complexity index is 678. The van der Waals surface area contributed by atoms with Crippen molar-refractivity contribution >= 4 is 11.2 Å². The van der Waals surface area contributed by atoms with Crippen molar-refractivity contribution in [2.45, 2.75) is 39.1 Å². The van der Waals surface area contributed by atoms with Gasteiger partial charge in [0.05, 0.1) is 18.2 Å². The molecule has 0 aliphatic carbocycles. The molecule has 1 aliphatic heterocycles. The Morgan fingerprint density at radius 2 is 2.10 bits per heavy atom. The first-order chi connectivity index (χ1) is 9.77. The quantitative estimate of drug-likeness (QED) is 0.880. The minimum atomic E-state index is -4.43. The second kappa shape index (κ2) is 4.69. The first kappa shape index (κ1) is 14.3. The summed E-state index contributed by atoms with van der Waals surface area (Å²) in [6, 6.07) is 1.02. The maximum Gasteiger partial charge on any atom is 0.417 e. The summed E-state index contributed by atoms with van der Waals surface area (Å²) in [4.78, 5) is 8.18. The Balaban J connectivity index is 2.07. The van der Waals surface area contributed by atoms with E-state index in [1.807, 2.05) is 13.8 Å². The number of halogens is 3. The molecule has 0 bridgehead atoms. The Morgan fingerprint density at radius 3 is 2.71 bits per heavy atom. The number of imidazole rings is 1. The van der Waals surface area contributed by atoms with E-state index in [1.54, 1.807) is 4.57 Å². The van der Waals surface area contributed by atoms with Gasteiger partial charge < -0.3 is 9.67 Å². The molecule has 4 nitrogen and oxygen atoms in total. The van der Waals surface area contributed by atoms with E-state index in [9.17, 15) is 18.3 Å². The standard InChI is InChI=1S/C14H16F3N3O/c1-7(2)9-4-12-19-10-3-8(14(15,16)17)5-18-13(10)20(12)6-11(9)21/h3,5,7,9,11,21H,4,6H2,1-2H3. The normalized spacial score (nSPS) is 22.8. The van der Waals surface area contributed by atoms with Gasteiger partial charge in [-0.3, -0.25) is 0 Å². The van der Waals surface area contributed by atoms with Gasteiger partial charge in [0, 0.05) is 12.6 Å². The summed E-state index contributed by atoms with van der Waals surface area (Å²) in [5, 5.41) is 10.2. The zero-order valence-corrected chi connectivity index (χ0v) is 11.7. The summed E-state index contributed by atoms with van der Waals surface area (Å²) in [5.41, 5.74) is -0.165. The van der Waals surface area contributed by atoms with E-state index in [0.29, 0.717) is 24.4 Å². The van der Waals surface area contributed by atoms with Crippen LogP contribution in [-0.4, -0.2) is 25.7 Å². The third-order valence-corrected chi connectivity index (χ3v) is 4.13. The molecule has 0 aromatic carbocycles. The first-order valence-electron chi connectivity index (χ1n) is 6.88. The molecule has 114 valence electrons. The van der Waals surface area contributed by atoms with Crippen LogP contribution in [-0.2, 0) is 19.1 Å². The van der Waals surface area contributed by atoms with Crippen LogP contribution < -0.4 is 0 Å². The molecule has 2 aromatic rings. The lowest BCUT2D eigenvalue weighted by atomic mass is 9.85. The van der Waals surface area contributed by atoms with Gasteiger partial charge in [-0.15, -0.1) is 0 Å². The zero-order valence-electron chi connectivity index (χ0n) is 11.7. The van der Waals surface area contributed by atoms with Crippen LogP contribution in [0.1, 0.15) is 25.2 Å². The second-order valence-electron chi connectivity index (χ2n) is 5.88. The minimum Gasteiger partial charge on any atom is -0.391 e. The number of hydrogen-bond donors (Lipinski definition) is 1. The molecule has 3 heterocycles. The zero-order chi connectivity index (χ0) is 15.4. The van der Waals surface area contributed by atoms with Crippen LogP contribution in [0, 0.1) is 11.8 Å². The van der Waals surface area contributed by atoms with Gasteiger partial charge in [-0.05, 0) is 17.9 Å². The molecular formula is C14H16F3N3O. The molecule has 0 saturated carbocycles. The van der Waals surface area contributed by atoms with Gasteiger partial charge in [-0.1, -0.05) is 13.8 Å². The van der Waals surface area contributed by atoms with Crippen LogP contribution in [0.4, 0.5) is 13.2 Å². The van der Waals surface area contributed by atoms with Crippen molar-refractivity contribution in [1.29, 1.82) is 0 Å². The highest BCUT2D eigenvalue weighted by Gasteiger charge is 2.34. The topological polar surface area (TPSA) is 50.9 Å². The maximum absolute atomic E-state index is 12.7. The van der Waals surface area contributed by atoms with Crippen LogP contribution >= 0.6 is 0 Å². The fraction of sp³-hybridized carbons (Fsp3) is 0.571. The van der Waals surface area contributed by atoms with Crippen LogP contribution in [0.15, 0.2) is 12.3 Å². The molecule has 0 amide bonds. The molecule has 3 rings (SSSR count). The van der Waals surface area contributed by atoms with Crippen LogP contribution in [0.5, 0.6) is 0 Å². The lowest BCUT2D eigenvalue weighted by Crippen LogP contribution is -2.36. The highest BCUT2D eigenvalue weighted by atomic mass is 19.4. The Hall–Kier alpha value is -1.63. The molecule has 2 unspecified atom stereocenters. The third-order valence-electron chi connectivity index (χ3n) is 4.13. The Kier molecular flexibility index (Phi) is 3.20. The van der Waals surface area contributed by atoms with Crippen molar-refractivity contribution in [3.05, 3.63) is 23.7 Å². The third kappa shape index (κ3) is 2.39. The molecule has 2 aromatic heterocycles. The fourth-order valence-electron chi connectivity index (χ4n) is 2.91. The van der Waals surface area contributed by atoms with Crippen LogP contribution in [0.2, 0.25) is 0 Å². The number of aromatic nitrogens is 3. The Morgan fingerprint density at radius 1 is 1.38 bits per heavy atom. The van der Waals surface area contributed by atoms with E-state index in [4.69, 9.17) is 0 Å². The van der Waals surface area contributed by atoms with E-state index in [1.165, 1.54) is 0 Å². The van der Waals surface area contributed by atoms with Crippen molar-refractivity contribution in [2.75, 3.05) is 0 Å². The molecular weight excluding hydrogens is 283 g/mol. The fourth-order valence-corrected chi connectivity index (χ4v) is 2.91. The Labute approximate surface area is 119 Å². The number of fused-ring (bicyclic) bond motifs is 3. The first-order valence-corrected chi connectivity index (χ1v) is 6.88. The number of hydrogen-bond acceptors (Lipinski definition) is 3. The summed E-state index contributed by atoms with van der Waals surface area (Å²) in [6.07, 6.45) is -3.58. The lowest BCUT2D eigenvalue weighted by Gasteiger charge is -2.31. The summed E-state index contributed by atoms with van der Waals surface area (Å²) >= 11 is 0. The predicted octanol–water partition coefficient (Wildman–Crippen LogP) is 2.64. The lowest BCUT2D eigenvalue weighted by molar-refractivity contribution is -0.137. The van der Waals surface area contributed by atoms with Crippen LogP contribution in [0.3, 0.4) is 0 Å². The number of nitrogens with zero attached hydrogens (tertiary/aromatic N) is 3. The van der Waals surface area contributed by atoms with E-state index in [0.717, 1.165) is 12.3 Å². The van der Waals surface area contributed by atoms with Crippen molar-refractivity contribution in [3.8, 4) is 0 Å². The van der Waals surface area contributed by atoms with Gasteiger partial charge >= 0.3 is 6.18 Å². The van der Waals surface area contributed by atoms with Crippen molar-refractivity contribution in [3.63, 3.8) is 0 Å². The number of rotatable bonds is 1. The summed E-state index contributed by atoms with van der Waals surface area (Å²) in [6.45, 7) is 4.37. The number of pyridine rings is 1. The largest absolute Gasteiger partial charge is 0.417 e. The summed E-state index contributed by atoms with van der Waals surface area (Å²) in [7, 11) is 0. The van der Waals surface area contributed by atoms with Crippen molar-refractivity contribution in [2.24, 2.45) is 11.8 Å². The number of aliphatic hydroxyl groups is 1. The smallest absolute Gasteiger partial charge is 0.391 e. The van der Waals surface area contributed by atoms with Gasteiger partial charge in [0.2, 0.25) is 0 Å². The molecule has 0 fully saturated rings. The van der Waals surface area contributed by atoms with E-state index >= 15 is 0 Å². The van der Waals surface area contributed by atoms with Gasteiger partial charge in [-0.2, -0.15) is 13.2 Å². The van der Waals surface area contributed by atoms with Gasteiger partial charge in [-0.25, -0.2) is 9.97 Å². The van der Waals surface area contributed by atoms with E-state index in [-0.39, 0.29) is 17.4 Å². The van der Waals surface area contributed by atoms with Crippen molar-refractivity contribution in [1.82, 2.24) is 14.5 Å². The average Bonchev–Trinajstić information content (AvgIpc) is 2.73. The molecule has 1 N–H and O–H groups in total. The highest BCUT2D eigenvalue weighted by molar-refractivity contribution is 5.72. The second-order valence-corrected chi connectivity index (χ2v) is 5.88. The SMILES string of the molecule is CC(C)C1Cc2nc3cc(C(F)(F)F)cnc3n2CC1O. The number of alkyl halides is 3. The molecule has 0 spiro atoms. The van der Waals surface area contributed by atoms with Crippen molar-refractivity contribution < 1.29 is 18.3 Å². The predicted molar refractivity (Wildman–Crippen MR) is 70.6 cm³/mol. The molecule has 7 heteroatoms. The number of aliphatic hydroxyl groups excluding tert-OH is 1. The summed E-state index contributed by atoms with van der Waals surface area (Å²) in [5.74, 6) is 1.05. The highest BCUT2D eigenvalue weighted by Crippen LogP contribution is 2.33. The maximum atomic E-state index is 12.7. The van der Waals surface area contributed by atoms with Gasteiger partial charge in [0.15, 0.2) is 5.65 Å². The molecule has 21 heavy (non-hydrogen) atoms. The molecule has 1 aliphatic rings. The van der Waals surface area contributed by atoms with Gasteiger partial charge in [0.1, 0.15) is 11.3 Å². The average molecular weight is 299 g/mol. The van der Waals surface area contributed by atoms with Crippen LogP contribution in [0.25, 0.3) is 11.2 Å². The monoisotopic (exact) mass is 299 g/mol.